The molecule has 20 heavy (non-hydrogen) atoms. The molecular formula is C15H22N2O3. The molecule has 1 aromatic rings. The lowest BCUT2D eigenvalue weighted by Gasteiger charge is -2.08. The summed E-state index contributed by atoms with van der Waals surface area (Å²) < 4.78 is 5.07. The molecule has 0 aliphatic carbocycles. The molecule has 0 radical (unpaired) electrons. The summed E-state index contributed by atoms with van der Waals surface area (Å²) >= 11 is 0. The third-order valence-electron chi connectivity index (χ3n) is 3.12. The highest BCUT2D eigenvalue weighted by Gasteiger charge is 2.16. The Kier molecular flexibility index (Phi) is 6.56. The second-order valence-electron chi connectivity index (χ2n) is 4.53. The fourth-order valence-corrected chi connectivity index (χ4v) is 1.78. The Labute approximate surface area is 119 Å². The zero-order valence-electron chi connectivity index (χ0n) is 12.3. The minimum atomic E-state index is -0.326. The van der Waals surface area contributed by atoms with Crippen molar-refractivity contribution in [3.63, 3.8) is 0 Å². The molecule has 0 saturated carbocycles. The molecule has 1 aromatic carbocycles. The van der Waals surface area contributed by atoms with Gasteiger partial charge in [-0.1, -0.05) is 31.1 Å². The monoisotopic (exact) mass is 278 g/mol. The highest BCUT2D eigenvalue weighted by molar-refractivity contribution is 5.83. The Hall–Kier alpha value is -2.04. The number of oxime groups is 1. The minimum Gasteiger partial charge on any atom is -0.497 e. The van der Waals surface area contributed by atoms with Crippen molar-refractivity contribution in [2.24, 2.45) is 16.8 Å². The van der Waals surface area contributed by atoms with Crippen LogP contribution in [-0.4, -0.2) is 18.9 Å². The van der Waals surface area contributed by atoms with Gasteiger partial charge < -0.3 is 15.3 Å². The molecule has 0 saturated heterocycles. The minimum absolute atomic E-state index is 0.118. The van der Waals surface area contributed by atoms with Gasteiger partial charge in [-0.15, -0.1) is 0 Å². The maximum atomic E-state index is 11.6. The number of carbonyl (C=O) groups is 1. The van der Waals surface area contributed by atoms with E-state index in [1.54, 1.807) is 7.11 Å². The Morgan fingerprint density at radius 1 is 1.25 bits per heavy atom. The first-order valence-electron chi connectivity index (χ1n) is 6.76. The quantitative estimate of drug-likeness (QED) is 0.360. The van der Waals surface area contributed by atoms with Gasteiger partial charge >= 0.3 is 5.97 Å². The lowest BCUT2D eigenvalue weighted by Crippen LogP contribution is -2.19. The molecule has 0 aliphatic rings. The van der Waals surface area contributed by atoms with Gasteiger partial charge in [0.25, 0.3) is 0 Å². The number of rotatable bonds is 7. The lowest BCUT2D eigenvalue weighted by molar-refractivity contribution is -0.148. The first-order chi connectivity index (χ1) is 9.60. The van der Waals surface area contributed by atoms with Crippen molar-refractivity contribution >= 4 is 11.8 Å². The van der Waals surface area contributed by atoms with Gasteiger partial charge in [-0.2, -0.15) is 0 Å². The maximum Gasteiger partial charge on any atom is 0.338 e. The topological polar surface area (TPSA) is 73.9 Å². The summed E-state index contributed by atoms with van der Waals surface area (Å²) in [5.41, 5.74) is 6.73. The van der Waals surface area contributed by atoms with Crippen molar-refractivity contribution in [1.29, 1.82) is 0 Å². The van der Waals surface area contributed by atoms with Crippen molar-refractivity contribution < 1.29 is 14.4 Å². The van der Waals surface area contributed by atoms with E-state index in [-0.39, 0.29) is 17.7 Å². The van der Waals surface area contributed by atoms with Crippen LogP contribution in [0.25, 0.3) is 0 Å². The summed E-state index contributed by atoms with van der Waals surface area (Å²) in [7, 11) is 1.61. The number of hydrogen-bond donors (Lipinski definition) is 1. The highest BCUT2D eigenvalue weighted by atomic mass is 16.7. The van der Waals surface area contributed by atoms with Crippen LogP contribution in [0, 0.1) is 5.92 Å². The molecule has 0 bridgehead atoms. The molecule has 0 heterocycles. The number of carbonyl (C=O) groups excluding carboxylic acids is 1. The average Bonchev–Trinajstić information content (AvgIpc) is 2.47. The molecule has 0 atom stereocenters. The zero-order valence-corrected chi connectivity index (χ0v) is 12.3. The Balaban J connectivity index is 2.54. The molecule has 2 N–H and O–H groups in total. The Bertz CT molecular complexity index is 451. The zero-order chi connectivity index (χ0) is 15.0. The van der Waals surface area contributed by atoms with E-state index >= 15 is 0 Å². The second-order valence-corrected chi connectivity index (χ2v) is 4.53. The Morgan fingerprint density at radius 2 is 1.85 bits per heavy atom. The summed E-state index contributed by atoms with van der Waals surface area (Å²) in [6.45, 7) is 3.89. The van der Waals surface area contributed by atoms with Crippen LogP contribution in [0.15, 0.2) is 29.4 Å². The van der Waals surface area contributed by atoms with Crippen LogP contribution in [0.3, 0.4) is 0 Å². The van der Waals surface area contributed by atoms with Crippen LogP contribution in [0.4, 0.5) is 0 Å². The molecule has 5 nitrogen and oxygen atoms in total. The highest BCUT2D eigenvalue weighted by Crippen LogP contribution is 2.12. The average molecular weight is 278 g/mol. The summed E-state index contributed by atoms with van der Waals surface area (Å²) in [5, 5.41) is 3.69. The summed E-state index contributed by atoms with van der Waals surface area (Å²) in [4.78, 5) is 16.5. The van der Waals surface area contributed by atoms with Gasteiger partial charge in [-0.05, 0) is 30.5 Å². The normalized spacial score (nSPS) is 11.5. The van der Waals surface area contributed by atoms with E-state index in [9.17, 15) is 4.79 Å². The number of methoxy groups -OCH3 is 1. The van der Waals surface area contributed by atoms with Gasteiger partial charge in [0.1, 0.15) is 11.6 Å². The number of hydrogen-bond acceptors (Lipinski definition) is 4. The molecule has 1 rings (SSSR count). The van der Waals surface area contributed by atoms with Crippen LogP contribution in [0.1, 0.15) is 32.3 Å². The van der Waals surface area contributed by atoms with Crippen molar-refractivity contribution in [3.8, 4) is 5.75 Å². The fraction of sp³-hybridized carbons (Fsp3) is 0.467. The van der Waals surface area contributed by atoms with Gasteiger partial charge in [-0.3, -0.25) is 0 Å². The molecule has 110 valence electrons. The van der Waals surface area contributed by atoms with Crippen molar-refractivity contribution in [3.05, 3.63) is 29.8 Å². The summed E-state index contributed by atoms with van der Waals surface area (Å²) in [6, 6.07) is 7.48. The molecule has 0 amide bonds. The molecular weight excluding hydrogens is 256 g/mol. The first kappa shape index (κ1) is 16.0. The first-order valence-corrected chi connectivity index (χ1v) is 6.76. The largest absolute Gasteiger partial charge is 0.497 e. The SMILES string of the molecule is CCC(CC)C(=O)O/N=C(\N)Cc1ccc(OC)cc1. The molecule has 5 heteroatoms. The lowest BCUT2D eigenvalue weighted by atomic mass is 10.0. The van der Waals surface area contributed by atoms with Crippen LogP contribution in [0.5, 0.6) is 5.75 Å². The number of nitrogens with zero attached hydrogens (tertiary/aromatic N) is 1. The van der Waals surface area contributed by atoms with Gasteiger partial charge in [0.05, 0.1) is 13.0 Å². The van der Waals surface area contributed by atoms with Crippen LogP contribution in [0.2, 0.25) is 0 Å². The molecule has 0 unspecified atom stereocenters. The van der Waals surface area contributed by atoms with Gasteiger partial charge in [0.2, 0.25) is 0 Å². The molecule has 0 fully saturated rings. The van der Waals surface area contributed by atoms with Crippen LogP contribution >= 0.6 is 0 Å². The van der Waals surface area contributed by atoms with Crippen molar-refractivity contribution in [2.75, 3.05) is 7.11 Å². The predicted molar refractivity (Wildman–Crippen MR) is 78.5 cm³/mol. The molecule has 0 aliphatic heterocycles. The molecule has 0 aromatic heterocycles. The standard InChI is InChI=1S/C15H22N2O3/c1-4-12(5-2)15(18)20-17-14(16)10-11-6-8-13(19-3)9-7-11/h6-9,12H,4-5,10H2,1-3H3,(H2,16,17). The number of ether oxygens (including phenoxy) is 1. The fourth-order valence-electron chi connectivity index (χ4n) is 1.78. The van der Waals surface area contributed by atoms with Crippen LogP contribution < -0.4 is 10.5 Å². The van der Waals surface area contributed by atoms with Gasteiger partial charge in [0, 0.05) is 6.42 Å². The number of benzene rings is 1. The third kappa shape index (κ3) is 4.91. The van der Waals surface area contributed by atoms with E-state index in [0.717, 1.165) is 24.2 Å². The van der Waals surface area contributed by atoms with E-state index in [4.69, 9.17) is 15.3 Å². The predicted octanol–water partition coefficient (Wildman–Crippen LogP) is 2.49. The molecule has 0 spiro atoms. The van der Waals surface area contributed by atoms with E-state index in [0.29, 0.717) is 6.42 Å². The van der Waals surface area contributed by atoms with E-state index in [1.165, 1.54) is 0 Å². The summed E-state index contributed by atoms with van der Waals surface area (Å²) in [5.74, 6) is 0.610. The van der Waals surface area contributed by atoms with Gasteiger partial charge in [-0.25, -0.2) is 4.79 Å². The smallest absolute Gasteiger partial charge is 0.338 e. The van der Waals surface area contributed by atoms with E-state index < -0.39 is 0 Å². The third-order valence-corrected chi connectivity index (χ3v) is 3.12. The summed E-state index contributed by atoms with van der Waals surface area (Å²) in [6.07, 6.45) is 1.91. The Morgan fingerprint density at radius 3 is 2.35 bits per heavy atom. The van der Waals surface area contributed by atoms with Crippen LogP contribution in [-0.2, 0) is 16.1 Å². The number of nitrogens with two attached hydrogens (primary N) is 1. The van der Waals surface area contributed by atoms with Crippen molar-refractivity contribution in [1.82, 2.24) is 0 Å². The number of amidine groups is 1. The second kappa shape index (κ2) is 8.19. The van der Waals surface area contributed by atoms with E-state index in [2.05, 4.69) is 5.16 Å². The maximum absolute atomic E-state index is 11.6. The van der Waals surface area contributed by atoms with E-state index in [1.807, 2.05) is 38.1 Å². The van der Waals surface area contributed by atoms with Gasteiger partial charge in [0.15, 0.2) is 0 Å². The van der Waals surface area contributed by atoms with Crippen molar-refractivity contribution in [2.45, 2.75) is 33.1 Å².